The lowest BCUT2D eigenvalue weighted by Gasteiger charge is -2.17. The van der Waals surface area contributed by atoms with Crippen LogP contribution in [0.15, 0.2) is 55.1 Å². The molecular formula is C22H22N2O3. The van der Waals surface area contributed by atoms with Crippen molar-refractivity contribution in [3.8, 4) is 5.75 Å². The molecule has 0 saturated heterocycles. The fourth-order valence-corrected chi connectivity index (χ4v) is 3.69. The Balaban J connectivity index is 1.40. The highest BCUT2D eigenvalue weighted by Crippen LogP contribution is 2.31. The summed E-state index contributed by atoms with van der Waals surface area (Å²) in [6, 6.07) is 14.7. The molecule has 27 heavy (non-hydrogen) atoms. The molecule has 2 aromatic rings. The van der Waals surface area contributed by atoms with Crippen LogP contribution < -0.4 is 10.1 Å². The van der Waals surface area contributed by atoms with Crippen LogP contribution in [0, 0.1) is 0 Å². The van der Waals surface area contributed by atoms with Gasteiger partial charge in [0.25, 0.3) is 5.91 Å². The molecule has 1 aliphatic carbocycles. The first-order chi connectivity index (χ1) is 13.1. The molecule has 0 unspecified atom stereocenters. The second-order valence-electron chi connectivity index (χ2n) is 6.98. The number of hydrogen-bond acceptors (Lipinski definition) is 3. The molecule has 1 N–H and O–H groups in total. The number of fused-ring (bicyclic) bond motifs is 1. The second kappa shape index (κ2) is 7.27. The number of amides is 2. The van der Waals surface area contributed by atoms with Crippen molar-refractivity contribution < 1.29 is 14.3 Å². The Bertz CT molecular complexity index is 865. The van der Waals surface area contributed by atoms with Gasteiger partial charge in [-0.25, -0.2) is 0 Å². The summed E-state index contributed by atoms with van der Waals surface area (Å²) in [7, 11) is 0. The average molecular weight is 362 g/mol. The van der Waals surface area contributed by atoms with E-state index in [-0.39, 0.29) is 24.5 Å². The van der Waals surface area contributed by atoms with E-state index in [2.05, 4.69) is 11.9 Å². The maximum atomic E-state index is 12.5. The van der Waals surface area contributed by atoms with Crippen molar-refractivity contribution in [2.45, 2.75) is 31.8 Å². The van der Waals surface area contributed by atoms with Gasteiger partial charge in [-0.15, -0.1) is 0 Å². The third kappa shape index (κ3) is 3.58. The zero-order valence-electron chi connectivity index (χ0n) is 15.1. The Morgan fingerprint density at radius 3 is 2.59 bits per heavy atom. The van der Waals surface area contributed by atoms with Crippen molar-refractivity contribution in [3.63, 3.8) is 0 Å². The zero-order chi connectivity index (χ0) is 18.8. The molecule has 0 aromatic heterocycles. The van der Waals surface area contributed by atoms with Crippen LogP contribution in [0.5, 0.6) is 5.75 Å². The van der Waals surface area contributed by atoms with Gasteiger partial charge in [0, 0.05) is 28.6 Å². The summed E-state index contributed by atoms with van der Waals surface area (Å²) >= 11 is 0. The summed E-state index contributed by atoms with van der Waals surface area (Å²) in [5.74, 6) is 0.299. The third-order valence-corrected chi connectivity index (χ3v) is 5.06. The van der Waals surface area contributed by atoms with E-state index in [9.17, 15) is 9.59 Å². The first-order valence-electron chi connectivity index (χ1n) is 9.28. The Kier molecular flexibility index (Phi) is 4.67. The van der Waals surface area contributed by atoms with Crippen LogP contribution in [0.25, 0.3) is 5.70 Å². The second-order valence-corrected chi connectivity index (χ2v) is 6.98. The van der Waals surface area contributed by atoms with Crippen LogP contribution in [0.3, 0.4) is 0 Å². The molecule has 4 rings (SSSR count). The molecule has 1 heterocycles. The number of anilines is 1. The first kappa shape index (κ1) is 17.3. The lowest BCUT2D eigenvalue weighted by atomic mass is 10.1. The number of carbonyl (C=O) groups excluding carboxylic acids is 2. The summed E-state index contributed by atoms with van der Waals surface area (Å²) in [6.45, 7) is 3.89. The lowest BCUT2D eigenvalue weighted by Crippen LogP contribution is -2.32. The molecule has 138 valence electrons. The van der Waals surface area contributed by atoms with E-state index in [1.54, 1.807) is 6.07 Å². The van der Waals surface area contributed by atoms with E-state index < -0.39 is 0 Å². The van der Waals surface area contributed by atoms with Gasteiger partial charge in [-0.1, -0.05) is 30.8 Å². The van der Waals surface area contributed by atoms with Crippen molar-refractivity contribution in [2.75, 3.05) is 11.9 Å². The number of nitrogens with one attached hydrogen (secondary N) is 1. The monoisotopic (exact) mass is 362 g/mol. The van der Waals surface area contributed by atoms with Crippen LogP contribution in [0.1, 0.15) is 41.6 Å². The highest BCUT2D eigenvalue weighted by atomic mass is 16.5. The number of nitrogens with zero attached hydrogens (tertiary/aromatic N) is 1. The quantitative estimate of drug-likeness (QED) is 0.872. The molecule has 1 fully saturated rings. The zero-order valence-corrected chi connectivity index (χ0v) is 15.1. The van der Waals surface area contributed by atoms with E-state index in [1.165, 1.54) is 17.7 Å². The fraction of sp³-hybridized carbons (Fsp3) is 0.273. The van der Waals surface area contributed by atoms with Gasteiger partial charge in [-0.3, -0.25) is 14.5 Å². The largest absolute Gasteiger partial charge is 0.490 e. The number of rotatable bonds is 5. The molecule has 2 aromatic carbocycles. The summed E-state index contributed by atoms with van der Waals surface area (Å²) < 4.78 is 5.98. The summed E-state index contributed by atoms with van der Waals surface area (Å²) in [6.07, 6.45) is 4.83. The molecule has 0 bridgehead atoms. The minimum atomic E-state index is -0.268. The number of benzene rings is 2. The van der Waals surface area contributed by atoms with Gasteiger partial charge in [-0.2, -0.15) is 0 Å². The van der Waals surface area contributed by atoms with Crippen LogP contribution in [0.4, 0.5) is 5.69 Å². The number of carbonyl (C=O) groups is 2. The molecule has 2 aliphatic rings. The summed E-state index contributed by atoms with van der Waals surface area (Å²) in [5.41, 5.74) is 2.58. The molecule has 5 nitrogen and oxygen atoms in total. The smallest absolute Gasteiger partial charge is 0.259 e. The van der Waals surface area contributed by atoms with E-state index >= 15 is 0 Å². The maximum Gasteiger partial charge on any atom is 0.259 e. The topological polar surface area (TPSA) is 58.6 Å². The Morgan fingerprint density at radius 2 is 1.85 bits per heavy atom. The Hall–Kier alpha value is -3.08. The molecule has 1 saturated carbocycles. The van der Waals surface area contributed by atoms with Crippen molar-refractivity contribution in [1.29, 1.82) is 0 Å². The van der Waals surface area contributed by atoms with Gasteiger partial charge in [0.1, 0.15) is 12.3 Å². The average Bonchev–Trinajstić information content (AvgIpc) is 3.25. The van der Waals surface area contributed by atoms with Gasteiger partial charge < -0.3 is 10.1 Å². The minimum absolute atomic E-state index is 0.0694. The van der Waals surface area contributed by atoms with Crippen LogP contribution in [-0.2, 0) is 4.79 Å². The standard InChI is InChI=1S/C22H22N2O3/c1-15-19-11-4-5-12-20(19)22(26)24(15)14-21(25)23-16-7-6-10-18(13-16)27-17-8-2-3-9-17/h4-7,10-13,17H,1-3,8-9,14H2,(H,23,25). The molecule has 0 radical (unpaired) electrons. The number of ether oxygens (including phenoxy) is 1. The Morgan fingerprint density at radius 1 is 1.11 bits per heavy atom. The first-order valence-corrected chi connectivity index (χ1v) is 9.28. The Labute approximate surface area is 158 Å². The molecule has 0 spiro atoms. The normalized spacial score (nSPS) is 16.5. The molecule has 1 aliphatic heterocycles. The van der Waals surface area contributed by atoms with Gasteiger partial charge in [0.05, 0.1) is 6.10 Å². The third-order valence-electron chi connectivity index (χ3n) is 5.06. The summed E-state index contributed by atoms with van der Waals surface area (Å²) in [4.78, 5) is 26.4. The highest BCUT2D eigenvalue weighted by molar-refractivity contribution is 6.11. The molecular weight excluding hydrogens is 340 g/mol. The van der Waals surface area contributed by atoms with Crippen LogP contribution >= 0.6 is 0 Å². The van der Waals surface area contributed by atoms with Crippen molar-refractivity contribution in [3.05, 3.63) is 66.2 Å². The lowest BCUT2D eigenvalue weighted by molar-refractivity contribution is -0.116. The predicted octanol–water partition coefficient (Wildman–Crippen LogP) is 4.07. The van der Waals surface area contributed by atoms with Gasteiger partial charge in [-0.05, 0) is 43.9 Å². The molecule has 2 amide bonds. The van der Waals surface area contributed by atoms with Crippen LogP contribution in [-0.4, -0.2) is 29.4 Å². The van der Waals surface area contributed by atoms with Gasteiger partial charge >= 0.3 is 0 Å². The minimum Gasteiger partial charge on any atom is -0.490 e. The van der Waals surface area contributed by atoms with Crippen molar-refractivity contribution in [2.24, 2.45) is 0 Å². The predicted molar refractivity (Wildman–Crippen MR) is 104 cm³/mol. The number of hydrogen-bond donors (Lipinski definition) is 1. The van der Waals surface area contributed by atoms with Crippen molar-refractivity contribution in [1.82, 2.24) is 4.90 Å². The van der Waals surface area contributed by atoms with E-state index in [4.69, 9.17) is 4.74 Å². The van der Waals surface area contributed by atoms with Crippen LogP contribution in [0.2, 0.25) is 0 Å². The van der Waals surface area contributed by atoms with Gasteiger partial charge in [0.2, 0.25) is 5.91 Å². The molecule has 5 heteroatoms. The van der Waals surface area contributed by atoms with E-state index in [1.807, 2.05) is 42.5 Å². The fourth-order valence-electron chi connectivity index (χ4n) is 3.69. The van der Waals surface area contributed by atoms with Gasteiger partial charge in [0.15, 0.2) is 0 Å². The SMILES string of the molecule is C=C1c2ccccc2C(=O)N1CC(=O)Nc1cccc(OC2CCCC2)c1. The summed E-state index contributed by atoms with van der Waals surface area (Å²) in [5, 5.41) is 2.85. The van der Waals surface area contributed by atoms with E-state index in [0.717, 1.165) is 24.2 Å². The van der Waals surface area contributed by atoms with Crippen molar-refractivity contribution >= 4 is 23.2 Å². The maximum absolute atomic E-state index is 12.5. The van der Waals surface area contributed by atoms with E-state index in [0.29, 0.717) is 16.9 Å². The highest BCUT2D eigenvalue weighted by Gasteiger charge is 2.31. The molecule has 0 atom stereocenters.